The Morgan fingerprint density at radius 2 is 1.89 bits per heavy atom. The Hall–Kier alpha value is -1.15. The Morgan fingerprint density at radius 3 is 2.53 bits per heavy atom. The number of benzene rings is 1. The van der Waals surface area contributed by atoms with Crippen LogP contribution in [0.25, 0.3) is 0 Å². The fraction of sp³-hybridized carbons (Fsp3) is 0.588. The summed E-state index contributed by atoms with van der Waals surface area (Å²) >= 11 is 0. The van der Waals surface area contributed by atoms with E-state index in [9.17, 15) is 4.79 Å². The summed E-state index contributed by atoms with van der Waals surface area (Å²) < 4.78 is 0. The van der Waals surface area contributed by atoms with E-state index in [0.29, 0.717) is 6.42 Å². The van der Waals surface area contributed by atoms with Gasteiger partial charge in [0.15, 0.2) is 5.78 Å². The van der Waals surface area contributed by atoms with Crippen molar-refractivity contribution in [2.24, 2.45) is 5.92 Å². The molecular weight excluding hydrogens is 234 g/mol. The molecule has 0 atom stereocenters. The molecule has 2 nitrogen and oxygen atoms in total. The highest BCUT2D eigenvalue weighted by Crippen LogP contribution is 2.20. The van der Waals surface area contributed by atoms with Crippen molar-refractivity contribution in [2.75, 3.05) is 19.6 Å². The second-order valence-corrected chi connectivity index (χ2v) is 5.59. The van der Waals surface area contributed by atoms with Gasteiger partial charge in [-0.05, 0) is 44.8 Å². The number of carbonyl (C=O) groups is 1. The predicted octanol–water partition coefficient (Wildman–Crippen LogP) is 3.77. The van der Waals surface area contributed by atoms with Gasteiger partial charge in [0.1, 0.15) is 0 Å². The van der Waals surface area contributed by atoms with Gasteiger partial charge in [-0.3, -0.25) is 4.79 Å². The fourth-order valence-electron chi connectivity index (χ4n) is 2.85. The first-order valence-electron chi connectivity index (χ1n) is 7.60. The minimum atomic E-state index is 0.282. The van der Waals surface area contributed by atoms with Gasteiger partial charge in [0.25, 0.3) is 0 Å². The van der Waals surface area contributed by atoms with Crippen LogP contribution in [0.4, 0.5) is 0 Å². The minimum Gasteiger partial charge on any atom is -0.303 e. The van der Waals surface area contributed by atoms with Gasteiger partial charge in [0.2, 0.25) is 0 Å². The first-order valence-corrected chi connectivity index (χ1v) is 7.60. The van der Waals surface area contributed by atoms with Crippen molar-refractivity contribution in [1.82, 2.24) is 4.90 Å². The molecule has 2 heteroatoms. The van der Waals surface area contributed by atoms with Gasteiger partial charge < -0.3 is 4.90 Å². The summed E-state index contributed by atoms with van der Waals surface area (Å²) in [6, 6.07) is 9.64. The van der Waals surface area contributed by atoms with E-state index in [0.717, 1.165) is 24.4 Å². The second kappa shape index (κ2) is 7.44. The van der Waals surface area contributed by atoms with Crippen LogP contribution in [-0.4, -0.2) is 30.3 Å². The molecule has 104 valence electrons. The fourth-order valence-corrected chi connectivity index (χ4v) is 2.85. The third-order valence-electron chi connectivity index (χ3n) is 4.26. The van der Waals surface area contributed by atoms with Crippen molar-refractivity contribution in [2.45, 2.75) is 39.0 Å². The average molecular weight is 259 g/mol. The van der Waals surface area contributed by atoms with Gasteiger partial charge in [-0.2, -0.15) is 0 Å². The average Bonchev–Trinajstić information content (AvgIpc) is 2.49. The van der Waals surface area contributed by atoms with Crippen molar-refractivity contribution in [3.05, 3.63) is 35.9 Å². The van der Waals surface area contributed by atoms with Gasteiger partial charge in [-0.25, -0.2) is 0 Å². The molecule has 1 aromatic carbocycles. The Bertz CT molecular complexity index is 380. The van der Waals surface area contributed by atoms with Crippen molar-refractivity contribution < 1.29 is 4.79 Å². The molecule has 0 N–H and O–H groups in total. The summed E-state index contributed by atoms with van der Waals surface area (Å²) in [6.45, 7) is 5.81. The van der Waals surface area contributed by atoms with Crippen LogP contribution in [0.5, 0.6) is 0 Å². The number of ketones is 1. The monoisotopic (exact) mass is 259 g/mol. The Morgan fingerprint density at radius 1 is 1.21 bits per heavy atom. The topological polar surface area (TPSA) is 20.3 Å². The van der Waals surface area contributed by atoms with Gasteiger partial charge in [-0.1, -0.05) is 43.7 Å². The number of likely N-dealkylation sites (tertiary alicyclic amines) is 1. The zero-order valence-electron chi connectivity index (χ0n) is 12.0. The second-order valence-electron chi connectivity index (χ2n) is 5.59. The Labute approximate surface area is 116 Å². The van der Waals surface area contributed by atoms with Crippen LogP contribution in [0.2, 0.25) is 0 Å². The Kier molecular flexibility index (Phi) is 5.59. The largest absolute Gasteiger partial charge is 0.303 e. The molecule has 1 aliphatic heterocycles. The zero-order chi connectivity index (χ0) is 13.5. The number of Topliss-reactive ketones (excluding diaryl/α,β-unsaturated/α-hetero) is 1. The first-order chi connectivity index (χ1) is 9.29. The highest BCUT2D eigenvalue weighted by molar-refractivity contribution is 5.95. The van der Waals surface area contributed by atoms with E-state index in [2.05, 4.69) is 11.8 Å². The lowest BCUT2D eigenvalue weighted by Gasteiger charge is -2.31. The highest BCUT2D eigenvalue weighted by Gasteiger charge is 2.17. The van der Waals surface area contributed by atoms with E-state index in [-0.39, 0.29) is 5.78 Å². The number of piperidine rings is 1. The lowest BCUT2D eigenvalue weighted by atomic mass is 9.94. The SMILES string of the molecule is CCC1CCN(CCCC(=O)c2ccccc2)CC1. The lowest BCUT2D eigenvalue weighted by Crippen LogP contribution is -2.34. The van der Waals surface area contributed by atoms with Gasteiger partial charge in [0.05, 0.1) is 0 Å². The van der Waals surface area contributed by atoms with Gasteiger partial charge in [-0.15, -0.1) is 0 Å². The zero-order valence-corrected chi connectivity index (χ0v) is 12.0. The van der Waals surface area contributed by atoms with Crippen molar-refractivity contribution in [3.8, 4) is 0 Å². The molecule has 2 rings (SSSR count). The highest BCUT2D eigenvalue weighted by atomic mass is 16.1. The molecule has 1 heterocycles. The molecule has 0 radical (unpaired) electrons. The van der Waals surface area contributed by atoms with Crippen LogP contribution in [0.3, 0.4) is 0 Å². The summed E-state index contributed by atoms with van der Waals surface area (Å²) in [7, 11) is 0. The van der Waals surface area contributed by atoms with E-state index in [1.165, 1.54) is 32.4 Å². The summed E-state index contributed by atoms with van der Waals surface area (Å²) in [5.74, 6) is 1.21. The third-order valence-corrected chi connectivity index (χ3v) is 4.26. The van der Waals surface area contributed by atoms with Crippen molar-refractivity contribution >= 4 is 5.78 Å². The van der Waals surface area contributed by atoms with Crippen molar-refractivity contribution in [1.29, 1.82) is 0 Å². The maximum absolute atomic E-state index is 12.0. The third kappa shape index (κ3) is 4.46. The van der Waals surface area contributed by atoms with Crippen LogP contribution in [0.15, 0.2) is 30.3 Å². The van der Waals surface area contributed by atoms with E-state index in [1.54, 1.807) is 0 Å². The standard InChI is InChI=1S/C17H25NO/c1-2-15-10-13-18(14-11-15)12-6-9-17(19)16-7-4-3-5-8-16/h3-5,7-8,15H,2,6,9-14H2,1H3. The number of rotatable bonds is 6. The molecule has 1 fully saturated rings. The molecule has 0 amide bonds. The maximum atomic E-state index is 12.0. The van der Waals surface area contributed by atoms with Crippen molar-refractivity contribution in [3.63, 3.8) is 0 Å². The molecule has 1 aromatic rings. The van der Waals surface area contributed by atoms with Crippen LogP contribution >= 0.6 is 0 Å². The van der Waals surface area contributed by atoms with E-state index < -0.39 is 0 Å². The molecule has 0 bridgehead atoms. The van der Waals surface area contributed by atoms with Gasteiger partial charge in [0, 0.05) is 12.0 Å². The minimum absolute atomic E-state index is 0.282. The Balaban J connectivity index is 1.66. The summed E-state index contributed by atoms with van der Waals surface area (Å²) in [4.78, 5) is 14.5. The number of hydrogen-bond donors (Lipinski definition) is 0. The predicted molar refractivity (Wildman–Crippen MR) is 79.5 cm³/mol. The molecule has 1 aliphatic rings. The van der Waals surface area contributed by atoms with Crippen LogP contribution < -0.4 is 0 Å². The molecular formula is C17H25NO. The smallest absolute Gasteiger partial charge is 0.162 e. The van der Waals surface area contributed by atoms with E-state index >= 15 is 0 Å². The molecule has 0 spiro atoms. The maximum Gasteiger partial charge on any atom is 0.162 e. The van der Waals surface area contributed by atoms with Crippen LogP contribution in [0.1, 0.15) is 49.4 Å². The molecule has 1 saturated heterocycles. The summed E-state index contributed by atoms with van der Waals surface area (Å²) in [5, 5.41) is 0. The number of hydrogen-bond acceptors (Lipinski definition) is 2. The normalized spacial score (nSPS) is 17.5. The number of carbonyl (C=O) groups excluding carboxylic acids is 1. The summed E-state index contributed by atoms with van der Waals surface area (Å²) in [6.07, 6.45) is 5.66. The molecule has 0 saturated carbocycles. The lowest BCUT2D eigenvalue weighted by molar-refractivity contribution is 0.0970. The molecule has 0 unspecified atom stereocenters. The van der Waals surface area contributed by atoms with Crippen LogP contribution in [0, 0.1) is 5.92 Å². The quantitative estimate of drug-likeness (QED) is 0.725. The van der Waals surface area contributed by atoms with Crippen LogP contribution in [-0.2, 0) is 0 Å². The van der Waals surface area contributed by atoms with E-state index in [1.807, 2.05) is 30.3 Å². The molecule has 0 aliphatic carbocycles. The number of nitrogens with zero attached hydrogens (tertiary/aromatic N) is 1. The molecule has 19 heavy (non-hydrogen) atoms. The summed E-state index contributed by atoms with van der Waals surface area (Å²) in [5.41, 5.74) is 0.854. The first kappa shape index (κ1) is 14.3. The van der Waals surface area contributed by atoms with E-state index in [4.69, 9.17) is 0 Å². The molecule has 0 aromatic heterocycles. The van der Waals surface area contributed by atoms with Gasteiger partial charge >= 0.3 is 0 Å².